The quantitative estimate of drug-likeness (QED) is 0.248. The predicted molar refractivity (Wildman–Crippen MR) is 118 cm³/mol. The van der Waals surface area contributed by atoms with Crippen molar-refractivity contribution in [3.05, 3.63) is 57.6 Å². The van der Waals surface area contributed by atoms with Gasteiger partial charge in [-0.3, -0.25) is 14.5 Å². The Bertz CT molecular complexity index is 876. The number of benzene rings is 1. The fraction of sp³-hybridized carbons (Fsp3) is 0.435. The van der Waals surface area contributed by atoms with Crippen molar-refractivity contribution in [3.8, 4) is 0 Å². The van der Waals surface area contributed by atoms with E-state index in [4.69, 9.17) is 27.9 Å². The third-order valence-corrected chi connectivity index (χ3v) is 5.42. The minimum atomic E-state index is -1.02. The maximum Gasteiger partial charge on any atom is 0.397 e. The number of imide groups is 1. The molecule has 0 radical (unpaired) electrons. The third-order valence-electron chi connectivity index (χ3n) is 4.68. The summed E-state index contributed by atoms with van der Waals surface area (Å²) in [5.41, 5.74) is 1.84. The molecule has 0 aliphatic heterocycles. The number of carbonyl (C=O) groups excluding carboxylic acids is 3. The molecule has 2 amide bonds. The van der Waals surface area contributed by atoms with E-state index in [1.807, 2.05) is 38.1 Å². The summed E-state index contributed by atoms with van der Waals surface area (Å²) in [6.45, 7) is 7.35. The van der Waals surface area contributed by atoms with Crippen molar-refractivity contribution in [2.75, 3.05) is 13.2 Å². The first-order valence-electron chi connectivity index (χ1n) is 9.98. The zero-order valence-corrected chi connectivity index (χ0v) is 19.2. The van der Waals surface area contributed by atoms with Gasteiger partial charge in [-0.2, -0.15) is 0 Å². The average molecular weight is 452 g/mol. The molecule has 0 N–H and O–H groups in total. The lowest BCUT2D eigenvalue weighted by molar-refractivity contribution is -0.162. The smallest absolute Gasteiger partial charge is 0.397 e. The fourth-order valence-corrected chi connectivity index (χ4v) is 3.40. The highest BCUT2D eigenvalue weighted by atomic mass is 35.5. The second kappa shape index (κ2) is 10.8. The molecule has 1 aromatic carbocycles. The summed E-state index contributed by atoms with van der Waals surface area (Å²) in [6, 6.07) is 5.66. The molecule has 0 saturated heterocycles. The van der Waals surface area contributed by atoms with Crippen molar-refractivity contribution >= 4 is 41.0 Å². The highest BCUT2D eigenvalue weighted by Crippen LogP contribution is 2.49. The topological polar surface area (TPSA) is 63.7 Å². The first-order valence-corrected chi connectivity index (χ1v) is 10.7. The molecule has 5 nitrogen and oxygen atoms in total. The number of amides is 2. The molecule has 162 valence electrons. The molecule has 1 fully saturated rings. The van der Waals surface area contributed by atoms with E-state index in [-0.39, 0.29) is 19.1 Å². The minimum absolute atomic E-state index is 0.0231. The van der Waals surface area contributed by atoms with Crippen LogP contribution in [0.2, 0.25) is 10.0 Å². The number of carbonyl (C=O) groups is 3. The number of hydrogen-bond donors (Lipinski definition) is 0. The Labute approximate surface area is 187 Å². The highest BCUT2D eigenvalue weighted by molar-refractivity contribution is 6.42. The van der Waals surface area contributed by atoms with Crippen molar-refractivity contribution < 1.29 is 19.1 Å². The van der Waals surface area contributed by atoms with E-state index in [1.54, 1.807) is 19.9 Å². The summed E-state index contributed by atoms with van der Waals surface area (Å²) in [6.07, 6.45) is 6.28. The summed E-state index contributed by atoms with van der Waals surface area (Å²) in [5.74, 6) is -1.73. The normalized spacial score (nSPS) is 18.6. The van der Waals surface area contributed by atoms with Crippen molar-refractivity contribution in [3.63, 3.8) is 0 Å². The van der Waals surface area contributed by atoms with Crippen LogP contribution in [0.4, 0.5) is 0 Å². The molecule has 1 aliphatic rings. The zero-order chi connectivity index (χ0) is 22.4. The van der Waals surface area contributed by atoms with Crippen molar-refractivity contribution in [2.24, 2.45) is 11.8 Å². The fourth-order valence-electron chi connectivity index (χ4n) is 3.09. The van der Waals surface area contributed by atoms with E-state index >= 15 is 0 Å². The van der Waals surface area contributed by atoms with Crippen LogP contribution in [0.1, 0.15) is 45.6 Å². The van der Waals surface area contributed by atoms with Gasteiger partial charge in [0.15, 0.2) is 0 Å². The van der Waals surface area contributed by atoms with Gasteiger partial charge in [-0.25, -0.2) is 4.79 Å². The Balaban J connectivity index is 2.03. The van der Waals surface area contributed by atoms with Gasteiger partial charge in [0.1, 0.15) is 0 Å². The Morgan fingerprint density at radius 1 is 1.23 bits per heavy atom. The van der Waals surface area contributed by atoms with Crippen molar-refractivity contribution in [1.29, 1.82) is 0 Å². The van der Waals surface area contributed by atoms with Crippen molar-refractivity contribution in [1.82, 2.24) is 4.90 Å². The van der Waals surface area contributed by atoms with E-state index in [9.17, 15) is 14.4 Å². The predicted octanol–water partition coefficient (Wildman–Crippen LogP) is 5.17. The highest BCUT2D eigenvalue weighted by Gasteiger charge is 2.36. The van der Waals surface area contributed by atoms with Gasteiger partial charge < -0.3 is 4.74 Å². The zero-order valence-electron chi connectivity index (χ0n) is 17.7. The number of allylic oxidation sites excluding steroid dienone is 3. The van der Waals surface area contributed by atoms with E-state index in [2.05, 4.69) is 0 Å². The molecular formula is C23H27Cl2NO4. The van der Waals surface area contributed by atoms with E-state index in [0.717, 1.165) is 16.9 Å². The number of rotatable bonds is 7. The molecule has 7 heteroatoms. The molecule has 1 saturated carbocycles. The van der Waals surface area contributed by atoms with Crippen LogP contribution in [0.15, 0.2) is 42.0 Å². The molecule has 0 bridgehead atoms. The van der Waals surface area contributed by atoms with Crippen LogP contribution in [0, 0.1) is 11.8 Å². The van der Waals surface area contributed by atoms with Crippen molar-refractivity contribution in [2.45, 2.75) is 40.0 Å². The third kappa shape index (κ3) is 6.71. The molecule has 2 unspecified atom stereocenters. The Morgan fingerprint density at radius 3 is 2.53 bits per heavy atom. The number of nitrogens with zero attached hydrogens (tertiary/aromatic N) is 1. The summed E-state index contributed by atoms with van der Waals surface area (Å²) < 4.78 is 4.74. The molecule has 0 spiro atoms. The van der Waals surface area contributed by atoms with Gasteiger partial charge in [0.25, 0.3) is 5.91 Å². The first-order chi connectivity index (χ1) is 14.1. The van der Waals surface area contributed by atoms with Crippen LogP contribution >= 0.6 is 23.2 Å². The largest absolute Gasteiger partial charge is 0.459 e. The van der Waals surface area contributed by atoms with Gasteiger partial charge in [-0.15, -0.1) is 0 Å². The van der Waals surface area contributed by atoms with Crippen LogP contribution in [0.5, 0.6) is 0 Å². The number of esters is 1. The Kier molecular flexibility index (Phi) is 8.68. The molecule has 0 heterocycles. The Hall–Kier alpha value is -2.11. The first kappa shape index (κ1) is 24.2. The lowest BCUT2D eigenvalue weighted by Gasteiger charge is -2.20. The summed E-state index contributed by atoms with van der Waals surface area (Å²) in [7, 11) is 0. The van der Waals surface area contributed by atoms with Crippen LogP contribution in [-0.2, 0) is 19.1 Å². The van der Waals surface area contributed by atoms with Gasteiger partial charge in [0.2, 0.25) is 0 Å². The summed E-state index contributed by atoms with van der Waals surface area (Å²) in [4.78, 5) is 37.6. The number of ether oxygens (including phenoxy) is 1. The molecule has 2 atom stereocenters. The second-order valence-corrected chi connectivity index (χ2v) is 8.61. The molecular weight excluding hydrogens is 425 g/mol. The molecule has 1 aromatic rings. The molecule has 30 heavy (non-hydrogen) atoms. The number of hydrogen-bond acceptors (Lipinski definition) is 4. The van der Waals surface area contributed by atoms with Crippen LogP contribution in [-0.4, -0.2) is 35.8 Å². The maximum absolute atomic E-state index is 12.6. The van der Waals surface area contributed by atoms with Crippen LogP contribution in [0.3, 0.4) is 0 Å². The SMILES string of the molecule is CCOC(=O)C(=O)N(CC(C)C)C(=O)C=C(C)C=CC1CC1c1ccc(Cl)c(Cl)c1. The minimum Gasteiger partial charge on any atom is -0.459 e. The van der Waals surface area contributed by atoms with Gasteiger partial charge in [0, 0.05) is 12.6 Å². The molecule has 1 aliphatic carbocycles. The lowest BCUT2D eigenvalue weighted by atomic mass is 10.1. The van der Waals surface area contributed by atoms with E-state index in [1.165, 1.54) is 6.08 Å². The summed E-state index contributed by atoms with van der Waals surface area (Å²) in [5, 5.41) is 1.08. The molecule has 2 rings (SSSR count). The van der Waals surface area contributed by atoms with Gasteiger partial charge in [-0.1, -0.05) is 55.3 Å². The van der Waals surface area contributed by atoms with Crippen LogP contribution < -0.4 is 0 Å². The second-order valence-electron chi connectivity index (χ2n) is 7.80. The standard InChI is InChI=1S/C23H27Cl2NO4/c1-5-30-23(29)22(28)26(13-14(2)3)21(27)10-15(4)6-7-16-11-18(16)17-8-9-19(24)20(25)12-17/h6-10,12,14,16,18H,5,11,13H2,1-4H3. The van der Waals surface area contributed by atoms with Crippen LogP contribution in [0.25, 0.3) is 0 Å². The average Bonchev–Trinajstić information content (AvgIpc) is 3.45. The maximum atomic E-state index is 12.6. The van der Waals surface area contributed by atoms with Gasteiger partial charge >= 0.3 is 11.9 Å². The van der Waals surface area contributed by atoms with Gasteiger partial charge in [0.05, 0.1) is 16.7 Å². The number of halogens is 2. The Morgan fingerprint density at radius 2 is 1.93 bits per heavy atom. The monoisotopic (exact) mass is 451 g/mol. The lowest BCUT2D eigenvalue weighted by Crippen LogP contribution is -2.43. The van der Waals surface area contributed by atoms with E-state index < -0.39 is 17.8 Å². The summed E-state index contributed by atoms with van der Waals surface area (Å²) >= 11 is 12.1. The van der Waals surface area contributed by atoms with E-state index in [0.29, 0.717) is 27.5 Å². The van der Waals surface area contributed by atoms with Gasteiger partial charge in [-0.05, 0) is 61.3 Å². The molecule has 0 aromatic heterocycles.